The minimum absolute atomic E-state index is 0.197. The molecule has 6 nitrogen and oxygen atoms in total. The Balaban J connectivity index is 1.69. The van der Waals surface area contributed by atoms with E-state index in [1.54, 1.807) is 6.92 Å². The SMILES string of the molecule is CC(N)c1nc(C(=O)NCCCN2CCCCC2C)co1. The minimum Gasteiger partial charge on any atom is -0.446 e. The van der Waals surface area contributed by atoms with Crippen molar-refractivity contribution in [2.75, 3.05) is 19.6 Å². The third-order valence-corrected chi connectivity index (χ3v) is 3.99. The predicted molar refractivity (Wildman–Crippen MR) is 80.9 cm³/mol. The van der Waals surface area contributed by atoms with Gasteiger partial charge in [0.15, 0.2) is 5.69 Å². The standard InChI is InChI=1S/C15H26N4O2/c1-11-6-3-4-8-19(11)9-5-7-17-14(20)13-10-21-15(18-13)12(2)16/h10-12H,3-9,16H2,1-2H3,(H,17,20). The average molecular weight is 294 g/mol. The van der Waals surface area contributed by atoms with E-state index in [0.29, 0.717) is 24.2 Å². The van der Waals surface area contributed by atoms with Gasteiger partial charge in [-0.1, -0.05) is 6.42 Å². The first-order chi connectivity index (χ1) is 10.1. The van der Waals surface area contributed by atoms with Crippen LogP contribution in [0.15, 0.2) is 10.7 Å². The number of carbonyl (C=O) groups is 1. The largest absolute Gasteiger partial charge is 0.446 e. The highest BCUT2D eigenvalue weighted by Gasteiger charge is 2.18. The highest BCUT2D eigenvalue weighted by atomic mass is 16.3. The van der Waals surface area contributed by atoms with Crippen LogP contribution in [-0.4, -0.2) is 41.5 Å². The van der Waals surface area contributed by atoms with Crippen LogP contribution >= 0.6 is 0 Å². The number of rotatable bonds is 6. The van der Waals surface area contributed by atoms with Crippen molar-refractivity contribution in [2.24, 2.45) is 5.73 Å². The van der Waals surface area contributed by atoms with Crippen molar-refractivity contribution >= 4 is 5.91 Å². The molecule has 1 aromatic rings. The first-order valence-electron chi connectivity index (χ1n) is 7.81. The molecule has 1 saturated heterocycles. The van der Waals surface area contributed by atoms with E-state index in [1.807, 2.05) is 0 Å². The Hall–Kier alpha value is -1.40. The maximum absolute atomic E-state index is 11.9. The molecule has 1 aliphatic rings. The number of likely N-dealkylation sites (tertiary alicyclic amines) is 1. The van der Waals surface area contributed by atoms with E-state index >= 15 is 0 Å². The van der Waals surface area contributed by atoms with Gasteiger partial charge in [0.2, 0.25) is 5.89 Å². The third kappa shape index (κ3) is 4.54. The summed E-state index contributed by atoms with van der Waals surface area (Å²) in [4.78, 5) is 18.5. The van der Waals surface area contributed by atoms with Crippen LogP contribution in [0.5, 0.6) is 0 Å². The molecule has 2 atom stereocenters. The summed E-state index contributed by atoms with van der Waals surface area (Å²) >= 11 is 0. The van der Waals surface area contributed by atoms with E-state index in [4.69, 9.17) is 10.2 Å². The van der Waals surface area contributed by atoms with Crippen LogP contribution in [-0.2, 0) is 0 Å². The Labute approximate surface area is 126 Å². The monoisotopic (exact) mass is 294 g/mol. The quantitative estimate of drug-likeness (QED) is 0.780. The number of nitrogens with zero attached hydrogens (tertiary/aromatic N) is 2. The zero-order valence-corrected chi connectivity index (χ0v) is 13.0. The molecule has 6 heteroatoms. The van der Waals surface area contributed by atoms with E-state index in [2.05, 4.69) is 22.1 Å². The lowest BCUT2D eigenvalue weighted by Crippen LogP contribution is -2.39. The number of aromatic nitrogens is 1. The molecule has 3 N–H and O–H groups in total. The highest BCUT2D eigenvalue weighted by molar-refractivity contribution is 5.91. The van der Waals surface area contributed by atoms with Gasteiger partial charge in [0, 0.05) is 19.1 Å². The molecule has 2 heterocycles. The van der Waals surface area contributed by atoms with Crippen molar-refractivity contribution in [2.45, 2.75) is 51.6 Å². The van der Waals surface area contributed by atoms with Gasteiger partial charge in [-0.3, -0.25) is 4.79 Å². The van der Waals surface area contributed by atoms with Crippen LogP contribution in [0.1, 0.15) is 62.0 Å². The van der Waals surface area contributed by atoms with Gasteiger partial charge in [-0.05, 0) is 39.7 Å². The minimum atomic E-state index is -0.299. The van der Waals surface area contributed by atoms with Crippen molar-refractivity contribution in [3.8, 4) is 0 Å². The molecule has 0 spiro atoms. The number of hydrogen-bond acceptors (Lipinski definition) is 5. The van der Waals surface area contributed by atoms with E-state index in [1.165, 1.54) is 32.1 Å². The fourth-order valence-corrected chi connectivity index (χ4v) is 2.67. The molecule has 0 saturated carbocycles. The summed E-state index contributed by atoms with van der Waals surface area (Å²) in [6.45, 7) is 6.92. The van der Waals surface area contributed by atoms with Crippen molar-refractivity contribution in [1.29, 1.82) is 0 Å². The second kappa shape index (κ2) is 7.56. The second-order valence-electron chi connectivity index (χ2n) is 5.85. The maximum Gasteiger partial charge on any atom is 0.273 e. The molecular weight excluding hydrogens is 268 g/mol. The van der Waals surface area contributed by atoms with Gasteiger partial charge >= 0.3 is 0 Å². The number of nitrogens with two attached hydrogens (primary N) is 1. The third-order valence-electron chi connectivity index (χ3n) is 3.99. The Morgan fingerprint density at radius 1 is 1.62 bits per heavy atom. The van der Waals surface area contributed by atoms with Crippen LogP contribution in [0.25, 0.3) is 0 Å². The van der Waals surface area contributed by atoms with E-state index < -0.39 is 0 Å². The number of hydrogen-bond donors (Lipinski definition) is 2. The Morgan fingerprint density at radius 3 is 3.10 bits per heavy atom. The zero-order valence-electron chi connectivity index (χ0n) is 13.0. The molecule has 118 valence electrons. The van der Waals surface area contributed by atoms with Crippen LogP contribution in [0.3, 0.4) is 0 Å². The van der Waals surface area contributed by atoms with Gasteiger partial charge in [-0.25, -0.2) is 4.98 Å². The Morgan fingerprint density at radius 2 is 2.43 bits per heavy atom. The number of amides is 1. The molecule has 1 fully saturated rings. The lowest BCUT2D eigenvalue weighted by molar-refractivity contribution is 0.0944. The summed E-state index contributed by atoms with van der Waals surface area (Å²) in [5.41, 5.74) is 5.95. The van der Waals surface area contributed by atoms with E-state index in [0.717, 1.165) is 13.0 Å². The summed E-state index contributed by atoms with van der Waals surface area (Å²) in [6, 6.07) is 0.366. The lowest BCUT2D eigenvalue weighted by Gasteiger charge is -2.33. The maximum atomic E-state index is 11.9. The fraction of sp³-hybridized carbons (Fsp3) is 0.733. The molecule has 1 aliphatic heterocycles. The van der Waals surface area contributed by atoms with Gasteiger partial charge in [-0.2, -0.15) is 0 Å². The number of nitrogens with one attached hydrogen (secondary N) is 1. The van der Waals surface area contributed by atoms with E-state index in [-0.39, 0.29) is 11.9 Å². The van der Waals surface area contributed by atoms with Crippen LogP contribution < -0.4 is 11.1 Å². The summed E-state index contributed by atoms with van der Waals surface area (Å²) in [5.74, 6) is 0.194. The van der Waals surface area contributed by atoms with Crippen LogP contribution in [0.2, 0.25) is 0 Å². The summed E-state index contributed by atoms with van der Waals surface area (Å²) < 4.78 is 5.16. The predicted octanol–water partition coefficient (Wildman–Crippen LogP) is 1.69. The van der Waals surface area contributed by atoms with Gasteiger partial charge in [0.05, 0.1) is 6.04 Å². The van der Waals surface area contributed by atoms with Crippen molar-refractivity contribution in [1.82, 2.24) is 15.2 Å². The topological polar surface area (TPSA) is 84.4 Å². The zero-order chi connectivity index (χ0) is 15.2. The van der Waals surface area contributed by atoms with Crippen molar-refractivity contribution in [3.05, 3.63) is 17.8 Å². The Bertz CT molecular complexity index is 458. The van der Waals surface area contributed by atoms with Gasteiger partial charge < -0.3 is 20.4 Å². The fourth-order valence-electron chi connectivity index (χ4n) is 2.67. The average Bonchev–Trinajstić information content (AvgIpc) is 2.95. The van der Waals surface area contributed by atoms with Crippen molar-refractivity contribution < 1.29 is 9.21 Å². The second-order valence-corrected chi connectivity index (χ2v) is 5.85. The number of carbonyl (C=O) groups excluding carboxylic acids is 1. The van der Waals surface area contributed by atoms with Crippen molar-refractivity contribution in [3.63, 3.8) is 0 Å². The first-order valence-corrected chi connectivity index (χ1v) is 7.81. The first kappa shape index (κ1) is 16.0. The summed E-state index contributed by atoms with van der Waals surface area (Å²) in [6.07, 6.45) is 6.22. The van der Waals surface area contributed by atoms with Crippen LogP contribution in [0, 0.1) is 0 Å². The number of oxazole rings is 1. The van der Waals surface area contributed by atoms with E-state index in [9.17, 15) is 4.79 Å². The lowest BCUT2D eigenvalue weighted by atomic mass is 10.0. The smallest absolute Gasteiger partial charge is 0.273 e. The molecule has 21 heavy (non-hydrogen) atoms. The molecule has 0 aliphatic carbocycles. The number of piperidine rings is 1. The molecule has 0 radical (unpaired) electrons. The molecule has 2 unspecified atom stereocenters. The van der Waals surface area contributed by atoms with Gasteiger partial charge in [0.25, 0.3) is 5.91 Å². The highest BCUT2D eigenvalue weighted by Crippen LogP contribution is 2.16. The molecular formula is C15H26N4O2. The molecule has 0 bridgehead atoms. The Kier molecular flexibility index (Phi) is 5.76. The molecule has 0 aromatic carbocycles. The normalized spacial score (nSPS) is 21.2. The molecule has 1 aromatic heterocycles. The summed E-state index contributed by atoms with van der Waals surface area (Å²) in [7, 11) is 0. The van der Waals surface area contributed by atoms with Gasteiger partial charge in [0.1, 0.15) is 6.26 Å². The van der Waals surface area contributed by atoms with Gasteiger partial charge in [-0.15, -0.1) is 0 Å². The molecule has 2 rings (SSSR count). The summed E-state index contributed by atoms with van der Waals surface area (Å²) in [5, 5.41) is 2.88. The molecule has 1 amide bonds. The van der Waals surface area contributed by atoms with Crippen LogP contribution in [0.4, 0.5) is 0 Å².